The lowest BCUT2D eigenvalue weighted by Crippen LogP contribution is -2.40. The van der Waals surface area contributed by atoms with Gasteiger partial charge in [-0.25, -0.2) is 0 Å². The summed E-state index contributed by atoms with van der Waals surface area (Å²) >= 11 is 0. The molecule has 2 heterocycles. The van der Waals surface area contributed by atoms with Gasteiger partial charge >= 0.3 is 0 Å². The predicted molar refractivity (Wildman–Crippen MR) is 197 cm³/mol. The Morgan fingerprint density at radius 2 is 1.84 bits per heavy atom. The number of phenolic OH excluding ortho intramolecular Hbond substituents is 2. The summed E-state index contributed by atoms with van der Waals surface area (Å²) in [4.78, 5) is 0. The van der Waals surface area contributed by atoms with Gasteiger partial charge in [0.2, 0.25) is 5.75 Å². The standard InChI is InChI=1S/C40H46O7S2/c1-21(2)13-15-46-32-19-28-26(39(45-5)37(32)42)7-6-8-33-36-35-29-17-23(10-9-22(3)14-16-48-49-33)27-18-24(41)11-12-25(27)34(29)30(44-4)20-31(35)47-40(28)38(36)43/h11-12,18-23,33,36,38,40-43H,7,9-10,13-17H2,1-5H3. The van der Waals surface area contributed by atoms with E-state index in [1.165, 1.54) is 7.11 Å². The maximum atomic E-state index is 12.6. The molecule has 3 aromatic rings. The van der Waals surface area contributed by atoms with Crippen LogP contribution >= 0.6 is 21.6 Å². The van der Waals surface area contributed by atoms with Crippen molar-refractivity contribution in [1.29, 1.82) is 0 Å². The molecule has 0 amide bonds. The van der Waals surface area contributed by atoms with Crippen LogP contribution in [0.15, 0.2) is 30.3 Å². The van der Waals surface area contributed by atoms with Crippen LogP contribution in [0.25, 0.3) is 11.1 Å². The van der Waals surface area contributed by atoms with E-state index in [0.717, 1.165) is 65.7 Å². The fraction of sp³-hybridized carbons (Fsp3) is 0.500. The van der Waals surface area contributed by atoms with E-state index in [0.29, 0.717) is 59.0 Å². The summed E-state index contributed by atoms with van der Waals surface area (Å²) in [6, 6.07) is 9.46. The van der Waals surface area contributed by atoms with Gasteiger partial charge in [-0.05, 0) is 78.3 Å². The van der Waals surface area contributed by atoms with Crippen molar-refractivity contribution in [1.82, 2.24) is 0 Å². The minimum absolute atomic E-state index is 0.0650. The molecule has 49 heavy (non-hydrogen) atoms. The predicted octanol–water partition coefficient (Wildman–Crippen LogP) is 8.55. The lowest BCUT2D eigenvalue weighted by molar-refractivity contribution is 0.000917. The van der Waals surface area contributed by atoms with Crippen molar-refractivity contribution in [2.45, 2.75) is 88.6 Å². The Bertz CT molecular complexity index is 1790. The first-order valence-corrected chi connectivity index (χ1v) is 19.8. The van der Waals surface area contributed by atoms with E-state index in [2.05, 4.69) is 32.6 Å². The van der Waals surface area contributed by atoms with Crippen LogP contribution in [0.5, 0.6) is 34.5 Å². The van der Waals surface area contributed by atoms with E-state index in [1.807, 2.05) is 35.1 Å². The molecule has 0 saturated carbocycles. The van der Waals surface area contributed by atoms with Crippen molar-refractivity contribution in [3.05, 3.63) is 58.1 Å². The number of hydrogen-bond acceptors (Lipinski definition) is 9. The van der Waals surface area contributed by atoms with E-state index in [1.54, 1.807) is 24.0 Å². The average Bonchev–Trinajstić information content (AvgIpc) is 3.11. The second-order valence-corrected chi connectivity index (χ2v) is 16.9. The smallest absolute Gasteiger partial charge is 0.201 e. The zero-order valence-electron chi connectivity index (χ0n) is 28.9. The third-order valence-corrected chi connectivity index (χ3v) is 13.3. The van der Waals surface area contributed by atoms with Gasteiger partial charge < -0.3 is 34.3 Å². The van der Waals surface area contributed by atoms with Gasteiger partial charge in [-0.15, -0.1) is 0 Å². The fourth-order valence-corrected chi connectivity index (χ4v) is 10.8. The van der Waals surface area contributed by atoms with Gasteiger partial charge in [0.1, 0.15) is 23.4 Å². The van der Waals surface area contributed by atoms with E-state index in [9.17, 15) is 15.3 Å². The lowest BCUT2D eigenvalue weighted by Gasteiger charge is -2.42. The number of aliphatic hydroxyl groups is 1. The molecule has 7 nitrogen and oxygen atoms in total. The summed E-state index contributed by atoms with van der Waals surface area (Å²) in [7, 11) is 6.80. The molecule has 0 saturated heterocycles. The second-order valence-electron chi connectivity index (χ2n) is 14.2. The van der Waals surface area contributed by atoms with Crippen LogP contribution in [-0.4, -0.2) is 53.3 Å². The Morgan fingerprint density at radius 3 is 2.61 bits per heavy atom. The summed E-state index contributed by atoms with van der Waals surface area (Å²) in [6.45, 7) is 7.03. The highest BCUT2D eigenvalue weighted by Crippen LogP contribution is 2.58. The zero-order valence-corrected chi connectivity index (χ0v) is 30.5. The first-order valence-electron chi connectivity index (χ1n) is 17.4. The molecular weight excluding hydrogens is 657 g/mol. The average molecular weight is 703 g/mol. The molecular formula is C40H46O7S2. The molecule has 0 spiro atoms. The Morgan fingerprint density at radius 1 is 1.00 bits per heavy atom. The first kappa shape index (κ1) is 34.1. The number of aliphatic hydroxyl groups excluding tert-OH is 1. The van der Waals surface area contributed by atoms with Crippen LogP contribution < -0.4 is 18.9 Å². The summed E-state index contributed by atoms with van der Waals surface area (Å²) in [5.74, 6) is 11.0. The van der Waals surface area contributed by atoms with Crippen LogP contribution in [0.4, 0.5) is 0 Å². The SMILES string of the molecule is COc1cc2c3c4c1-c1ccc(O)cc1C(CCC(C)CCSSC1C#CCc5c(cc(OCCC(C)C)c(O)c5OC)C(O2)C(O)C31)C4. The van der Waals surface area contributed by atoms with Gasteiger partial charge in [-0.1, -0.05) is 66.7 Å². The summed E-state index contributed by atoms with van der Waals surface area (Å²) in [6.07, 6.45) is 3.36. The zero-order chi connectivity index (χ0) is 34.4. The number of ether oxygens (including phenoxy) is 4. The summed E-state index contributed by atoms with van der Waals surface area (Å²) in [5.41, 5.74) is 6.71. The molecule has 0 radical (unpaired) electrons. The Kier molecular flexibility index (Phi) is 9.84. The highest BCUT2D eigenvalue weighted by molar-refractivity contribution is 8.77. The molecule has 6 unspecified atom stereocenters. The van der Waals surface area contributed by atoms with Crippen LogP contribution in [-0.2, 0) is 12.8 Å². The van der Waals surface area contributed by atoms with Crippen molar-refractivity contribution in [3.8, 4) is 57.5 Å². The number of rotatable bonds is 6. The Balaban J connectivity index is 1.45. The summed E-state index contributed by atoms with van der Waals surface area (Å²) < 4.78 is 25.0. The molecule has 0 aromatic heterocycles. The molecule has 2 aliphatic heterocycles. The molecule has 9 heteroatoms. The highest BCUT2D eigenvalue weighted by atomic mass is 33.1. The highest BCUT2D eigenvalue weighted by Gasteiger charge is 2.47. The van der Waals surface area contributed by atoms with Gasteiger partial charge in [-0.2, -0.15) is 0 Å². The van der Waals surface area contributed by atoms with Gasteiger partial charge in [-0.3, -0.25) is 0 Å². The van der Waals surface area contributed by atoms with Crippen LogP contribution in [0.1, 0.15) is 92.2 Å². The van der Waals surface area contributed by atoms with Crippen LogP contribution in [0, 0.1) is 23.7 Å². The molecule has 6 atom stereocenters. The maximum absolute atomic E-state index is 12.6. The molecule has 2 aliphatic carbocycles. The van der Waals surface area contributed by atoms with E-state index in [-0.39, 0.29) is 28.6 Å². The quantitative estimate of drug-likeness (QED) is 0.172. The van der Waals surface area contributed by atoms with Crippen molar-refractivity contribution >= 4 is 21.6 Å². The van der Waals surface area contributed by atoms with E-state index in [4.69, 9.17) is 18.9 Å². The molecule has 260 valence electrons. The van der Waals surface area contributed by atoms with Crippen molar-refractivity contribution in [3.63, 3.8) is 0 Å². The minimum Gasteiger partial charge on any atom is -0.508 e. The maximum Gasteiger partial charge on any atom is 0.201 e. The Labute approximate surface area is 297 Å². The number of phenols is 2. The molecule has 3 N–H and O–H groups in total. The number of hydrogen-bond donors (Lipinski definition) is 3. The molecule has 4 bridgehead atoms. The monoisotopic (exact) mass is 702 g/mol. The van der Waals surface area contributed by atoms with Crippen molar-refractivity contribution in [2.24, 2.45) is 11.8 Å². The van der Waals surface area contributed by atoms with Gasteiger partial charge in [0.05, 0.1) is 26.1 Å². The number of fused-ring (bicyclic) bond motifs is 7. The minimum atomic E-state index is -0.948. The van der Waals surface area contributed by atoms with E-state index < -0.39 is 12.2 Å². The van der Waals surface area contributed by atoms with Gasteiger partial charge in [0.25, 0.3) is 0 Å². The normalized spacial score (nSPS) is 25.4. The summed E-state index contributed by atoms with van der Waals surface area (Å²) in [5, 5.41) is 34.3. The van der Waals surface area contributed by atoms with Crippen molar-refractivity contribution < 1.29 is 34.3 Å². The third-order valence-electron chi connectivity index (χ3n) is 10.6. The Hall–Kier alpha value is -3.32. The number of benzene rings is 3. The lowest BCUT2D eigenvalue weighted by atomic mass is 9.70. The topological polar surface area (TPSA) is 97.6 Å². The third kappa shape index (κ3) is 6.30. The molecule has 7 rings (SSSR count). The molecule has 0 fully saturated rings. The molecule has 3 aromatic carbocycles. The first-order chi connectivity index (χ1) is 23.7. The van der Waals surface area contributed by atoms with Gasteiger partial charge in [0, 0.05) is 46.4 Å². The number of aromatic hydroxyl groups is 2. The number of methoxy groups -OCH3 is 2. The van der Waals surface area contributed by atoms with E-state index >= 15 is 0 Å². The molecule has 4 aliphatic rings. The fourth-order valence-electron chi connectivity index (χ4n) is 7.97. The van der Waals surface area contributed by atoms with Crippen LogP contribution in [0.2, 0.25) is 0 Å². The van der Waals surface area contributed by atoms with Crippen LogP contribution in [0.3, 0.4) is 0 Å². The van der Waals surface area contributed by atoms with Crippen molar-refractivity contribution in [2.75, 3.05) is 26.6 Å². The van der Waals surface area contributed by atoms with Gasteiger partial charge in [0.15, 0.2) is 17.6 Å². The largest absolute Gasteiger partial charge is 0.508 e. The second kappa shape index (κ2) is 14.1.